The lowest BCUT2D eigenvalue weighted by Gasteiger charge is -2.28. The van der Waals surface area contributed by atoms with E-state index < -0.39 is 0 Å². The third kappa shape index (κ3) is 3.67. The molecule has 0 spiro atoms. The minimum absolute atomic E-state index is 1.13. The smallest absolute Gasteiger partial charge is 0.0640 e. The van der Waals surface area contributed by atoms with Crippen LogP contribution in [0.1, 0.15) is 0 Å². The number of thiophene rings is 1. The predicted molar refractivity (Wildman–Crippen MR) is 172 cm³/mol. The number of pyridine rings is 1. The first-order chi connectivity index (χ1) is 19.8. The molecule has 0 fully saturated rings. The number of anilines is 3. The number of fused-ring (bicyclic) bond motifs is 6. The molecule has 0 amide bonds. The van der Waals surface area contributed by atoms with Gasteiger partial charge in [-0.15, -0.1) is 11.3 Å². The highest BCUT2D eigenvalue weighted by atomic mass is 32.1. The van der Waals surface area contributed by atoms with Crippen molar-refractivity contribution in [2.45, 2.75) is 0 Å². The summed E-state index contributed by atoms with van der Waals surface area (Å²) < 4.78 is 2.51. The molecule has 8 rings (SSSR count). The second kappa shape index (κ2) is 9.33. The Hall–Kier alpha value is -4.99. The van der Waals surface area contributed by atoms with Gasteiger partial charge in [-0.2, -0.15) is 0 Å². The van der Waals surface area contributed by atoms with Gasteiger partial charge in [0.1, 0.15) is 0 Å². The highest BCUT2D eigenvalue weighted by Crippen LogP contribution is 2.47. The van der Waals surface area contributed by atoms with Crippen LogP contribution in [0.25, 0.3) is 52.8 Å². The quantitative estimate of drug-likeness (QED) is 0.211. The summed E-state index contributed by atoms with van der Waals surface area (Å²) in [7, 11) is 0. The van der Waals surface area contributed by atoms with Crippen molar-refractivity contribution in [3.63, 3.8) is 0 Å². The average molecular weight is 529 g/mol. The zero-order valence-corrected chi connectivity index (χ0v) is 22.5. The first-order valence-corrected chi connectivity index (χ1v) is 14.3. The van der Waals surface area contributed by atoms with Crippen LogP contribution >= 0.6 is 11.3 Å². The number of benzene rings is 6. The van der Waals surface area contributed by atoms with Crippen LogP contribution in [-0.2, 0) is 0 Å². The van der Waals surface area contributed by atoms with Gasteiger partial charge in [0.2, 0.25) is 0 Å². The third-order valence-electron chi connectivity index (χ3n) is 7.74. The van der Waals surface area contributed by atoms with E-state index in [1.165, 1.54) is 64.2 Å². The van der Waals surface area contributed by atoms with E-state index in [2.05, 4.69) is 143 Å². The Morgan fingerprint density at radius 2 is 1.20 bits per heavy atom. The van der Waals surface area contributed by atoms with E-state index in [-0.39, 0.29) is 0 Å². The molecular formula is C37H24N2S. The van der Waals surface area contributed by atoms with Crippen molar-refractivity contribution >= 4 is 70.1 Å². The molecule has 0 atom stereocenters. The molecule has 2 heterocycles. The Kier molecular flexibility index (Phi) is 5.35. The van der Waals surface area contributed by atoms with E-state index in [1.807, 2.05) is 23.7 Å². The lowest BCUT2D eigenvalue weighted by Crippen LogP contribution is -2.10. The molecule has 0 unspecified atom stereocenters. The molecular weight excluding hydrogens is 504 g/mol. The molecule has 0 N–H and O–H groups in total. The van der Waals surface area contributed by atoms with E-state index in [4.69, 9.17) is 0 Å². The topological polar surface area (TPSA) is 16.1 Å². The molecule has 0 aliphatic rings. The van der Waals surface area contributed by atoms with E-state index in [9.17, 15) is 0 Å². The van der Waals surface area contributed by atoms with Crippen LogP contribution in [0.4, 0.5) is 17.1 Å². The first kappa shape index (κ1) is 22.9. The van der Waals surface area contributed by atoms with Crippen molar-refractivity contribution in [2.24, 2.45) is 0 Å². The Morgan fingerprint density at radius 1 is 0.500 bits per heavy atom. The summed E-state index contributed by atoms with van der Waals surface area (Å²) in [5.41, 5.74) is 5.90. The predicted octanol–water partition coefficient (Wildman–Crippen LogP) is 10.9. The fraction of sp³-hybridized carbons (Fsp3) is 0. The highest BCUT2D eigenvalue weighted by molar-refractivity contribution is 7.26. The molecule has 6 aromatic carbocycles. The fourth-order valence-corrected chi connectivity index (χ4v) is 7.04. The summed E-state index contributed by atoms with van der Waals surface area (Å²) >= 11 is 1.83. The number of aromatic nitrogens is 1. The maximum Gasteiger partial charge on any atom is 0.0640 e. The summed E-state index contributed by atoms with van der Waals surface area (Å²) in [6, 6.07) is 48.1. The summed E-state index contributed by atoms with van der Waals surface area (Å²) in [5.74, 6) is 0. The summed E-state index contributed by atoms with van der Waals surface area (Å²) in [6.45, 7) is 0. The third-order valence-corrected chi connectivity index (χ3v) is 8.95. The van der Waals surface area contributed by atoms with Gasteiger partial charge < -0.3 is 4.90 Å². The van der Waals surface area contributed by atoms with Gasteiger partial charge >= 0.3 is 0 Å². The van der Waals surface area contributed by atoms with Crippen LogP contribution in [-0.4, -0.2) is 4.98 Å². The Labute approximate surface area is 236 Å². The van der Waals surface area contributed by atoms with E-state index in [0.717, 1.165) is 5.69 Å². The number of hydrogen-bond donors (Lipinski definition) is 0. The van der Waals surface area contributed by atoms with Gasteiger partial charge in [-0.3, -0.25) is 4.98 Å². The van der Waals surface area contributed by atoms with Crippen molar-refractivity contribution in [1.29, 1.82) is 0 Å². The van der Waals surface area contributed by atoms with Crippen LogP contribution in [0, 0.1) is 0 Å². The molecule has 2 nitrogen and oxygen atoms in total. The molecule has 0 radical (unpaired) electrons. The van der Waals surface area contributed by atoms with Crippen LogP contribution in [0.15, 0.2) is 146 Å². The van der Waals surface area contributed by atoms with Crippen LogP contribution < -0.4 is 4.90 Å². The van der Waals surface area contributed by atoms with Gasteiger partial charge in [0.25, 0.3) is 0 Å². The van der Waals surface area contributed by atoms with E-state index >= 15 is 0 Å². The lowest BCUT2D eigenvalue weighted by atomic mass is 9.98. The number of nitrogens with zero attached hydrogens (tertiary/aromatic N) is 2. The minimum atomic E-state index is 1.13. The monoisotopic (exact) mass is 528 g/mol. The van der Waals surface area contributed by atoms with Gasteiger partial charge in [0.05, 0.1) is 16.1 Å². The molecule has 8 aromatic rings. The SMILES string of the molecule is c1ccc(-c2ccc(N(c3cc4ccccc4c4ccccc34)c3cccc4c3sc3ccncc34)cc2)cc1. The summed E-state index contributed by atoms with van der Waals surface area (Å²) in [6.07, 6.45) is 3.87. The minimum Gasteiger partial charge on any atom is -0.308 e. The van der Waals surface area contributed by atoms with Crippen molar-refractivity contribution in [2.75, 3.05) is 4.90 Å². The molecule has 0 aliphatic heterocycles. The molecule has 0 saturated heterocycles. The van der Waals surface area contributed by atoms with Gasteiger partial charge in [-0.25, -0.2) is 0 Å². The standard InChI is InChI=1S/C37H24N2S/c1-2-9-25(10-3-1)26-17-19-28(20-18-26)39(34-16-8-15-32-33-24-38-22-21-36(33)40-37(32)34)35-23-27-11-4-5-12-29(27)30-13-6-7-14-31(30)35/h1-24H. The molecule has 3 heteroatoms. The maximum atomic E-state index is 4.43. The maximum absolute atomic E-state index is 4.43. The average Bonchev–Trinajstić information content (AvgIpc) is 3.42. The Morgan fingerprint density at radius 3 is 2.05 bits per heavy atom. The number of rotatable bonds is 4. The molecule has 0 bridgehead atoms. The molecule has 0 saturated carbocycles. The lowest BCUT2D eigenvalue weighted by molar-refractivity contribution is 1.32. The van der Waals surface area contributed by atoms with Crippen LogP contribution in [0.5, 0.6) is 0 Å². The summed E-state index contributed by atoms with van der Waals surface area (Å²) in [4.78, 5) is 6.87. The van der Waals surface area contributed by atoms with Crippen molar-refractivity contribution in [3.8, 4) is 11.1 Å². The highest BCUT2D eigenvalue weighted by Gasteiger charge is 2.21. The number of hydrogen-bond acceptors (Lipinski definition) is 3. The van der Waals surface area contributed by atoms with Gasteiger partial charge in [0, 0.05) is 38.9 Å². The summed E-state index contributed by atoms with van der Waals surface area (Å²) in [5, 5.41) is 7.43. The van der Waals surface area contributed by atoms with E-state index in [1.54, 1.807) is 0 Å². The molecule has 2 aromatic heterocycles. The van der Waals surface area contributed by atoms with Gasteiger partial charge in [-0.1, -0.05) is 103 Å². The van der Waals surface area contributed by atoms with Gasteiger partial charge in [-0.05, 0) is 57.6 Å². The molecule has 0 aliphatic carbocycles. The Bertz CT molecular complexity index is 2160. The zero-order chi connectivity index (χ0) is 26.5. The second-order valence-electron chi connectivity index (χ2n) is 10.0. The normalized spacial score (nSPS) is 11.5. The Balaban J connectivity index is 1.43. The second-order valence-corrected chi connectivity index (χ2v) is 11.1. The van der Waals surface area contributed by atoms with Crippen LogP contribution in [0.2, 0.25) is 0 Å². The first-order valence-electron chi connectivity index (χ1n) is 13.5. The zero-order valence-electron chi connectivity index (χ0n) is 21.7. The van der Waals surface area contributed by atoms with Crippen molar-refractivity contribution in [1.82, 2.24) is 4.98 Å². The van der Waals surface area contributed by atoms with Crippen molar-refractivity contribution < 1.29 is 0 Å². The molecule has 40 heavy (non-hydrogen) atoms. The van der Waals surface area contributed by atoms with E-state index in [0.29, 0.717) is 0 Å². The van der Waals surface area contributed by atoms with Crippen LogP contribution in [0.3, 0.4) is 0 Å². The van der Waals surface area contributed by atoms with Gasteiger partial charge in [0.15, 0.2) is 0 Å². The fourth-order valence-electron chi connectivity index (χ4n) is 5.86. The largest absolute Gasteiger partial charge is 0.308 e. The van der Waals surface area contributed by atoms with Crippen molar-refractivity contribution in [3.05, 3.63) is 146 Å². The molecule has 188 valence electrons.